The molecule has 1 aromatic heterocycles. The van der Waals surface area contributed by atoms with Gasteiger partial charge in [-0.05, 0) is 50.1 Å². The minimum absolute atomic E-state index is 0.0472. The largest absolute Gasteiger partial charge is 0.493 e. The number of thiophene rings is 1. The summed E-state index contributed by atoms with van der Waals surface area (Å²) in [4.78, 5) is 14.1. The average molecular weight is 319 g/mol. The predicted molar refractivity (Wildman–Crippen MR) is 89.1 cm³/mol. The van der Waals surface area contributed by atoms with Crippen LogP contribution in [0.2, 0.25) is 0 Å². The third kappa shape index (κ3) is 3.80. The average Bonchev–Trinajstić information content (AvgIpc) is 2.85. The maximum absolute atomic E-state index is 12.2. The maximum atomic E-state index is 12.2. The van der Waals surface area contributed by atoms with Gasteiger partial charge in [0.2, 0.25) is 0 Å². The lowest BCUT2D eigenvalue weighted by atomic mass is 10.2. The molecule has 0 unspecified atom stereocenters. The molecule has 0 saturated heterocycles. The summed E-state index contributed by atoms with van der Waals surface area (Å²) in [5.41, 5.74) is 2.12. The Bertz CT molecular complexity index is 644. The van der Waals surface area contributed by atoms with Gasteiger partial charge in [-0.1, -0.05) is 6.07 Å². The first-order valence-electron chi connectivity index (χ1n) is 7.20. The molecule has 0 aliphatic carbocycles. The van der Waals surface area contributed by atoms with Crippen LogP contribution in [-0.4, -0.2) is 19.6 Å². The number of methoxy groups -OCH3 is 1. The second-order valence-corrected chi connectivity index (χ2v) is 6.21. The van der Waals surface area contributed by atoms with Crippen molar-refractivity contribution in [2.75, 3.05) is 13.7 Å². The van der Waals surface area contributed by atoms with E-state index in [1.54, 1.807) is 7.11 Å². The number of carbonyl (C=O) groups is 1. The number of carbonyl (C=O) groups excluding carboxylic acids is 1. The van der Waals surface area contributed by atoms with Crippen LogP contribution in [0.3, 0.4) is 0 Å². The van der Waals surface area contributed by atoms with Crippen molar-refractivity contribution in [3.63, 3.8) is 0 Å². The number of aryl methyl sites for hydroxylation is 2. The number of rotatable bonds is 6. The Hall–Kier alpha value is -2.01. The molecule has 4 nitrogen and oxygen atoms in total. The van der Waals surface area contributed by atoms with Crippen LogP contribution in [0.4, 0.5) is 0 Å². The molecule has 2 rings (SSSR count). The van der Waals surface area contributed by atoms with Gasteiger partial charge < -0.3 is 14.8 Å². The molecule has 1 heterocycles. The Labute approximate surface area is 135 Å². The first-order valence-corrected chi connectivity index (χ1v) is 8.01. The molecule has 0 spiro atoms. The molecule has 0 radical (unpaired) electrons. The number of hydrogen-bond donors (Lipinski definition) is 1. The number of hydrogen-bond acceptors (Lipinski definition) is 4. The van der Waals surface area contributed by atoms with Crippen LogP contribution in [0.5, 0.6) is 11.5 Å². The van der Waals surface area contributed by atoms with Gasteiger partial charge in [0.1, 0.15) is 0 Å². The zero-order chi connectivity index (χ0) is 16.1. The monoisotopic (exact) mass is 319 g/mol. The van der Waals surface area contributed by atoms with Gasteiger partial charge in [-0.25, -0.2) is 0 Å². The lowest BCUT2D eigenvalue weighted by molar-refractivity contribution is 0.0955. The van der Waals surface area contributed by atoms with Crippen molar-refractivity contribution in [1.29, 1.82) is 0 Å². The standard InChI is InChI=1S/C17H21NO3S/c1-5-21-14-7-6-13(9-15(14)20-4)10-18-17(19)16-8-11(2)12(3)22-16/h6-9H,5,10H2,1-4H3,(H,18,19). The van der Waals surface area contributed by atoms with Crippen molar-refractivity contribution in [3.05, 3.63) is 45.1 Å². The van der Waals surface area contributed by atoms with Gasteiger partial charge in [0, 0.05) is 11.4 Å². The second-order valence-electron chi connectivity index (χ2n) is 4.95. The summed E-state index contributed by atoms with van der Waals surface area (Å²) in [6.45, 7) is 7.01. The Morgan fingerprint density at radius 2 is 2.00 bits per heavy atom. The van der Waals surface area contributed by atoms with Crippen molar-refractivity contribution in [3.8, 4) is 11.5 Å². The van der Waals surface area contributed by atoms with Crippen LogP contribution in [0, 0.1) is 13.8 Å². The fraction of sp³-hybridized carbons (Fsp3) is 0.353. The molecular formula is C17H21NO3S. The van der Waals surface area contributed by atoms with Crippen LogP contribution in [-0.2, 0) is 6.54 Å². The third-order valence-corrected chi connectivity index (χ3v) is 4.52. The second kappa shape index (κ2) is 7.31. The van der Waals surface area contributed by atoms with Gasteiger partial charge in [0.15, 0.2) is 11.5 Å². The van der Waals surface area contributed by atoms with Gasteiger partial charge in [-0.2, -0.15) is 0 Å². The Morgan fingerprint density at radius 1 is 1.23 bits per heavy atom. The van der Waals surface area contributed by atoms with Crippen molar-refractivity contribution in [2.24, 2.45) is 0 Å². The van der Waals surface area contributed by atoms with Crippen molar-refractivity contribution >= 4 is 17.2 Å². The smallest absolute Gasteiger partial charge is 0.261 e. The highest BCUT2D eigenvalue weighted by molar-refractivity contribution is 7.14. The van der Waals surface area contributed by atoms with Gasteiger partial charge in [-0.15, -0.1) is 11.3 Å². The Kier molecular flexibility index (Phi) is 5.44. The topological polar surface area (TPSA) is 47.6 Å². The molecule has 0 aliphatic heterocycles. The number of benzene rings is 1. The van der Waals surface area contributed by atoms with Crippen molar-refractivity contribution < 1.29 is 14.3 Å². The first kappa shape index (κ1) is 16.4. The summed E-state index contributed by atoms with van der Waals surface area (Å²) in [5.74, 6) is 1.34. The quantitative estimate of drug-likeness (QED) is 0.883. The molecule has 22 heavy (non-hydrogen) atoms. The van der Waals surface area contributed by atoms with Crippen LogP contribution < -0.4 is 14.8 Å². The third-order valence-electron chi connectivity index (χ3n) is 3.37. The summed E-state index contributed by atoms with van der Waals surface area (Å²) in [6, 6.07) is 7.60. The van der Waals surface area contributed by atoms with Crippen molar-refractivity contribution in [1.82, 2.24) is 5.32 Å². The first-order chi connectivity index (χ1) is 10.5. The summed E-state index contributed by atoms with van der Waals surface area (Å²) >= 11 is 1.52. The number of nitrogens with one attached hydrogen (secondary N) is 1. The molecule has 118 valence electrons. The molecule has 0 fully saturated rings. The fourth-order valence-corrected chi connectivity index (χ4v) is 3.00. The highest BCUT2D eigenvalue weighted by Crippen LogP contribution is 2.28. The summed E-state index contributed by atoms with van der Waals surface area (Å²) < 4.78 is 10.8. The van der Waals surface area contributed by atoms with E-state index in [-0.39, 0.29) is 5.91 Å². The summed E-state index contributed by atoms with van der Waals surface area (Å²) in [7, 11) is 1.61. The van der Waals surface area contributed by atoms with Gasteiger partial charge in [0.05, 0.1) is 18.6 Å². The van der Waals surface area contributed by atoms with E-state index in [9.17, 15) is 4.79 Å². The van der Waals surface area contributed by atoms with E-state index >= 15 is 0 Å². The van der Waals surface area contributed by atoms with E-state index in [2.05, 4.69) is 5.32 Å². The van der Waals surface area contributed by atoms with Crippen LogP contribution in [0.15, 0.2) is 24.3 Å². The summed E-state index contributed by atoms with van der Waals surface area (Å²) in [5, 5.41) is 2.93. The number of ether oxygens (including phenoxy) is 2. The molecule has 1 amide bonds. The predicted octanol–water partition coefficient (Wildman–Crippen LogP) is 3.70. The maximum Gasteiger partial charge on any atom is 0.261 e. The van der Waals surface area contributed by atoms with E-state index in [4.69, 9.17) is 9.47 Å². The molecule has 0 aliphatic rings. The van der Waals surface area contributed by atoms with E-state index in [1.165, 1.54) is 16.2 Å². The zero-order valence-corrected chi connectivity index (χ0v) is 14.2. The molecular weight excluding hydrogens is 298 g/mol. The fourth-order valence-electron chi connectivity index (χ4n) is 2.05. The Morgan fingerprint density at radius 3 is 2.59 bits per heavy atom. The lowest BCUT2D eigenvalue weighted by Crippen LogP contribution is -2.21. The van der Waals surface area contributed by atoms with Gasteiger partial charge in [-0.3, -0.25) is 4.79 Å². The van der Waals surface area contributed by atoms with Gasteiger partial charge in [0.25, 0.3) is 5.91 Å². The zero-order valence-electron chi connectivity index (χ0n) is 13.4. The molecule has 1 N–H and O–H groups in total. The SMILES string of the molecule is CCOc1ccc(CNC(=O)c2cc(C)c(C)s2)cc1OC. The number of amides is 1. The van der Waals surface area contributed by atoms with E-state index in [0.29, 0.717) is 24.7 Å². The highest BCUT2D eigenvalue weighted by atomic mass is 32.1. The van der Waals surface area contributed by atoms with Crippen LogP contribution in [0.25, 0.3) is 0 Å². The molecule has 5 heteroatoms. The lowest BCUT2D eigenvalue weighted by Gasteiger charge is -2.11. The summed E-state index contributed by atoms with van der Waals surface area (Å²) in [6.07, 6.45) is 0. The molecule has 2 aromatic rings. The van der Waals surface area contributed by atoms with E-state index < -0.39 is 0 Å². The Balaban J connectivity index is 2.03. The molecule has 0 saturated carbocycles. The minimum atomic E-state index is -0.0472. The highest BCUT2D eigenvalue weighted by Gasteiger charge is 2.11. The molecule has 1 aromatic carbocycles. The van der Waals surface area contributed by atoms with Crippen LogP contribution in [0.1, 0.15) is 32.6 Å². The molecule has 0 bridgehead atoms. The normalized spacial score (nSPS) is 10.4. The van der Waals surface area contributed by atoms with Gasteiger partial charge >= 0.3 is 0 Å². The van der Waals surface area contributed by atoms with E-state index in [1.807, 2.05) is 45.0 Å². The minimum Gasteiger partial charge on any atom is -0.493 e. The van der Waals surface area contributed by atoms with Crippen molar-refractivity contribution in [2.45, 2.75) is 27.3 Å². The van der Waals surface area contributed by atoms with Crippen LogP contribution >= 0.6 is 11.3 Å². The van der Waals surface area contributed by atoms with E-state index in [0.717, 1.165) is 16.0 Å². The molecule has 0 atom stereocenters.